The standard InChI is InChI=1S/C33H35N3O2S/c1-5-17-36-29-18-23(33(37)38)11-12-26(29)30(22-9-7-6-8-10-22)31(36)25-14-15-27-24(19(25)2)13-16-28(35-27)32-20(3)34-21(4)39-32/h11-16,18,22H,5-10,17H2,1-4H3,(H,37,38). The predicted octanol–water partition coefficient (Wildman–Crippen LogP) is 9.06. The Bertz CT molecular complexity index is 1720. The van der Waals surface area contributed by atoms with Gasteiger partial charge in [0.1, 0.15) is 0 Å². The zero-order valence-corrected chi connectivity index (χ0v) is 24.0. The summed E-state index contributed by atoms with van der Waals surface area (Å²) in [6, 6.07) is 14.5. The normalized spacial score (nSPS) is 14.5. The molecule has 1 fully saturated rings. The highest BCUT2D eigenvalue weighted by Crippen LogP contribution is 2.46. The summed E-state index contributed by atoms with van der Waals surface area (Å²) in [5, 5.41) is 13.2. The molecule has 3 heterocycles. The fourth-order valence-corrected chi connectivity index (χ4v) is 7.45. The monoisotopic (exact) mass is 537 g/mol. The number of carbonyl (C=O) groups is 1. The van der Waals surface area contributed by atoms with Gasteiger partial charge in [-0.05, 0) is 81.3 Å². The Morgan fingerprint density at radius 1 is 1.00 bits per heavy atom. The van der Waals surface area contributed by atoms with Gasteiger partial charge in [-0.1, -0.05) is 44.4 Å². The molecule has 1 N–H and O–H groups in total. The molecule has 3 aromatic heterocycles. The molecular formula is C33H35N3O2S. The van der Waals surface area contributed by atoms with Crippen molar-refractivity contribution in [2.24, 2.45) is 0 Å². The SMILES string of the molecule is CCCn1c(-c2ccc3nc(-c4sc(C)nc4C)ccc3c2C)c(C2CCCCC2)c2ccc(C(=O)O)cc21. The second-order valence-corrected chi connectivity index (χ2v) is 12.1. The number of hydrogen-bond donors (Lipinski definition) is 1. The molecule has 6 heteroatoms. The van der Waals surface area contributed by atoms with E-state index in [4.69, 9.17) is 4.98 Å². The Balaban J connectivity index is 1.59. The van der Waals surface area contributed by atoms with Crippen molar-refractivity contribution in [1.82, 2.24) is 14.5 Å². The minimum absolute atomic E-state index is 0.347. The van der Waals surface area contributed by atoms with Gasteiger partial charge >= 0.3 is 5.97 Å². The molecule has 0 saturated heterocycles. The van der Waals surface area contributed by atoms with Crippen molar-refractivity contribution in [3.8, 4) is 21.8 Å². The number of carboxylic acids is 1. The predicted molar refractivity (Wildman–Crippen MR) is 161 cm³/mol. The van der Waals surface area contributed by atoms with Crippen LogP contribution >= 0.6 is 11.3 Å². The van der Waals surface area contributed by atoms with Crippen LogP contribution in [0.4, 0.5) is 0 Å². The van der Waals surface area contributed by atoms with E-state index in [0.29, 0.717) is 11.5 Å². The third kappa shape index (κ3) is 4.45. The van der Waals surface area contributed by atoms with Crippen molar-refractivity contribution < 1.29 is 9.90 Å². The van der Waals surface area contributed by atoms with Gasteiger partial charge < -0.3 is 9.67 Å². The maximum atomic E-state index is 11.9. The molecule has 1 aliphatic carbocycles. The largest absolute Gasteiger partial charge is 0.478 e. The highest BCUT2D eigenvalue weighted by molar-refractivity contribution is 7.15. The number of pyridine rings is 1. The van der Waals surface area contributed by atoms with E-state index >= 15 is 0 Å². The molecule has 0 unspecified atom stereocenters. The maximum absolute atomic E-state index is 11.9. The van der Waals surface area contributed by atoms with Crippen LogP contribution in [-0.4, -0.2) is 25.6 Å². The van der Waals surface area contributed by atoms with Gasteiger partial charge in [0, 0.05) is 28.4 Å². The molecule has 39 heavy (non-hydrogen) atoms. The van der Waals surface area contributed by atoms with Crippen molar-refractivity contribution in [2.45, 2.75) is 78.7 Å². The highest BCUT2D eigenvalue weighted by Gasteiger charge is 2.28. The number of thiazole rings is 1. The van der Waals surface area contributed by atoms with Crippen LogP contribution in [0.3, 0.4) is 0 Å². The smallest absolute Gasteiger partial charge is 0.335 e. The van der Waals surface area contributed by atoms with Crippen LogP contribution in [0.2, 0.25) is 0 Å². The molecule has 0 atom stereocenters. The molecule has 6 rings (SSSR count). The third-order valence-electron chi connectivity index (χ3n) is 8.34. The maximum Gasteiger partial charge on any atom is 0.335 e. The summed E-state index contributed by atoms with van der Waals surface area (Å²) in [5.41, 5.74) is 9.49. The summed E-state index contributed by atoms with van der Waals surface area (Å²) in [6.45, 7) is 9.34. The molecule has 2 aromatic carbocycles. The number of carboxylic acid groups (broad SMARTS) is 1. The second-order valence-electron chi connectivity index (χ2n) is 10.9. The zero-order valence-electron chi connectivity index (χ0n) is 23.2. The van der Waals surface area contributed by atoms with Crippen molar-refractivity contribution in [3.05, 3.63) is 69.9 Å². The molecule has 5 nitrogen and oxygen atoms in total. The molecule has 0 bridgehead atoms. The average Bonchev–Trinajstić information content (AvgIpc) is 3.44. The zero-order chi connectivity index (χ0) is 27.3. The van der Waals surface area contributed by atoms with Crippen molar-refractivity contribution in [2.75, 3.05) is 0 Å². The Kier molecular flexibility index (Phi) is 6.76. The number of nitrogens with zero attached hydrogens (tertiary/aromatic N) is 3. The summed E-state index contributed by atoms with van der Waals surface area (Å²) in [4.78, 5) is 22.7. The number of aromatic nitrogens is 3. The summed E-state index contributed by atoms with van der Waals surface area (Å²) < 4.78 is 2.39. The lowest BCUT2D eigenvalue weighted by molar-refractivity contribution is 0.0697. The van der Waals surface area contributed by atoms with Crippen LogP contribution in [0.25, 0.3) is 43.6 Å². The lowest BCUT2D eigenvalue weighted by Crippen LogP contribution is -2.08. The fourth-order valence-electron chi connectivity index (χ4n) is 6.56. The second kappa shape index (κ2) is 10.2. The van der Waals surface area contributed by atoms with E-state index in [2.05, 4.69) is 53.7 Å². The van der Waals surface area contributed by atoms with Crippen LogP contribution < -0.4 is 0 Å². The van der Waals surface area contributed by atoms with Gasteiger partial charge in [-0.15, -0.1) is 11.3 Å². The molecule has 1 saturated carbocycles. The highest BCUT2D eigenvalue weighted by atomic mass is 32.1. The molecular weight excluding hydrogens is 502 g/mol. The third-order valence-corrected chi connectivity index (χ3v) is 9.44. The molecule has 0 spiro atoms. The van der Waals surface area contributed by atoms with Crippen molar-refractivity contribution in [1.29, 1.82) is 0 Å². The number of benzene rings is 2. The number of hydrogen-bond acceptors (Lipinski definition) is 4. The Morgan fingerprint density at radius 2 is 1.77 bits per heavy atom. The number of aryl methyl sites for hydroxylation is 4. The first-order chi connectivity index (χ1) is 18.9. The van der Waals surface area contributed by atoms with Crippen molar-refractivity contribution >= 4 is 39.1 Å². The molecule has 200 valence electrons. The van der Waals surface area contributed by atoms with Gasteiger partial charge in [-0.25, -0.2) is 14.8 Å². The van der Waals surface area contributed by atoms with E-state index in [-0.39, 0.29) is 0 Å². The van der Waals surface area contributed by atoms with Gasteiger partial charge in [-0.2, -0.15) is 0 Å². The van der Waals surface area contributed by atoms with E-state index in [9.17, 15) is 9.90 Å². The Labute approximate surface area is 233 Å². The summed E-state index contributed by atoms with van der Waals surface area (Å²) >= 11 is 1.69. The van der Waals surface area contributed by atoms with Gasteiger partial charge in [-0.3, -0.25) is 0 Å². The lowest BCUT2D eigenvalue weighted by atomic mass is 9.81. The van der Waals surface area contributed by atoms with Gasteiger partial charge in [0.25, 0.3) is 0 Å². The lowest BCUT2D eigenvalue weighted by Gasteiger charge is -2.24. The first kappa shape index (κ1) is 25.8. The van der Waals surface area contributed by atoms with E-state index in [1.54, 1.807) is 17.4 Å². The summed E-state index contributed by atoms with van der Waals surface area (Å²) in [5.74, 6) is -0.393. The van der Waals surface area contributed by atoms with Gasteiger partial charge in [0.2, 0.25) is 0 Å². The van der Waals surface area contributed by atoms with Crippen LogP contribution in [0.1, 0.15) is 83.6 Å². The number of fused-ring (bicyclic) bond motifs is 2. The molecule has 5 aromatic rings. The Morgan fingerprint density at radius 3 is 2.46 bits per heavy atom. The average molecular weight is 538 g/mol. The van der Waals surface area contributed by atoms with E-state index in [1.165, 1.54) is 59.9 Å². The van der Waals surface area contributed by atoms with E-state index in [1.807, 2.05) is 19.9 Å². The van der Waals surface area contributed by atoms with Crippen LogP contribution in [0, 0.1) is 20.8 Å². The molecule has 1 aliphatic rings. The van der Waals surface area contributed by atoms with Gasteiger partial charge in [0.05, 0.1) is 38.0 Å². The summed E-state index contributed by atoms with van der Waals surface area (Å²) in [7, 11) is 0. The van der Waals surface area contributed by atoms with Gasteiger partial charge in [0.15, 0.2) is 0 Å². The molecule has 0 aliphatic heterocycles. The van der Waals surface area contributed by atoms with Crippen LogP contribution in [-0.2, 0) is 6.54 Å². The number of rotatable bonds is 6. The van der Waals surface area contributed by atoms with E-state index < -0.39 is 5.97 Å². The van der Waals surface area contributed by atoms with Crippen LogP contribution in [0.5, 0.6) is 0 Å². The minimum atomic E-state index is -0.878. The minimum Gasteiger partial charge on any atom is -0.478 e. The first-order valence-electron chi connectivity index (χ1n) is 14.1. The quantitative estimate of drug-likeness (QED) is 0.235. The first-order valence-corrected chi connectivity index (χ1v) is 14.9. The fraction of sp³-hybridized carbons (Fsp3) is 0.364. The van der Waals surface area contributed by atoms with Crippen molar-refractivity contribution in [3.63, 3.8) is 0 Å². The number of aromatic carboxylic acids is 1. The topological polar surface area (TPSA) is 68.0 Å². The molecule has 0 amide bonds. The molecule has 0 radical (unpaired) electrons. The van der Waals surface area contributed by atoms with Crippen LogP contribution in [0.15, 0.2) is 42.5 Å². The Hall–Kier alpha value is -3.51. The van der Waals surface area contributed by atoms with E-state index in [0.717, 1.165) is 50.7 Å². The summed E-state index contributed by atoms with van der Waals surface area (Å²) in [6.07, 6.45) is 7.14.